The number of hydrogen-bond donors (Lipinski definition) is 1. The Morgan fingerprint density at radius 3 is 2.68 bits per heavy atom. The number of pyridine rings is 1. The van der Waals surface area contributed by atoms with Gasteiger partial charge >= 0.3 is 0 Å². The molecular weight excluding hydrogens is 374 g/mol. The zero-order valence-corrected chi connectivity index (χ0v) is 17.1. The molecule has 3 atom stereocenters. The summed E-state index contributed by atoms with van der Waals surface area (Å²) in [5.74, 6) is 2.69. The first kappa shape index (κ1) is 18.0. The average molecular weight is 398 g/mol. The van der Waals surface area contributed by atoms with E-state index in [0.29, 0.717) is 28.1 Å². The van der Waals surface area contributed by atoms with Crippen LogP contribution in [0.1, 0.15) is 44.5 Å². The third kappa shape index (κ3) is 2.17. The minimum absolute atomic E-state index is 0.0181. The van der Waals surface area contributed by atoms with Crippen molar-refractivity contribution in [2.24, 2.45) is 11.3 Å². The summed E-state index contributed by atoms with van der Waals surface area (Å²) in [4.78, 5) is 0. The first-order valence-corrected chi connectivity index (χ1v) is 10.2. The van der Waals surface area contributed by atoms with Gasteiger partial charge in [0, 0.05) is 16.8 Å². The second-order valence-corrected chi connectivity index (χ2v) is 9.14. The lowest BCUT2D eigenvalue weighted by atomic mass is 9.67. The number of benzene rings is 1. The fourth-order valence-electron chi connectivity index (χ4n) is 5.57. The van der Waals surface area contributed by atoms with Crippen LogP contribution < -0.4 is 4.74 Å². The molecule has 28 heavy (non-hydrogen) atoms. The number of aromatic nitrogens is 3. The predicted octanol–water partition coefficient (Wildman–Crippen LogP) is 4.92. The van der Waals surface area contributed by atoms with Crippen molar-refractivity contribution in [1.29, 1.82) is 0 Å². The fraction of sp³-hybridized carbons (Fsp3) is 0.455. The Morgan fingerprint density at radius 1 is 1.18 bits per heavy atom. The van der Waals surface area contributed by atoms with E-state index >= 15 is 0 Å². The number of hydrogen-bond acceptors (Lipinski definition) is 4. The molecule has 1 unspecified atom stereocenters. The number of fused-ring (bicyclic) bond motifs is 3. The Hall–Kier alpha value is -2.11. The summed E-state index contributed by atoms with van der Waals surface area (Å²) in [6.07, 6.45) is 4.46. The van der Waals surface area contributed by atoms with Gasteiger partial charge in [-0.25, -0.2) is 0 Å². The molecule has 6 heteroatoms. The van der Waals surface area contributed by atoms with Crippen molar-refractivity contribution in [3.05, 3.63) is 52.9 Å². The van der Waals surface area contributed by atoms with Gasteiger partial charge in [-0.1, -0.05) is 31.5 Å². The molecular formula is C22H24ClN3O2. The lowest BCUT2D eigenvalue weighted by Crippen LogP contribution is -2.44. The minimum atomic E-state index is -0.395. The van der Waals surface area contributed by atoms with Gasteiger partial charge in [0.05, 0.1) is 11.5 Å². The first-order chi connectivity index (χ1) is 13.4. The second kappa shape index (κ2) is 5.94. The molecule has 2 aliphatic rings. The quantitative estimate of drug-likeness (QED) is 0.681. The van der Waals surface area contributed by atoms with Crippen LogP contribution in [-0.4, -0.2) is 25.8 Å². The summed E-state index contributed by atoms with van der Waals surface area (Å²) in [6, 6.07) is 9.44. The molecule has 2 bridgehead atoms. The van der Waals surface area contributed by atoms with Gasteiger partial charge in [-0.2, -0.15) is 0 Å². The third-order valence-corrected chi connectivity index (χ3v) is 7.78. The first-order valence-electron chi connectivity index (χ1n) is 9.81. The number of rotatable bonds is 3. The summed E-state index contributed by atoms with van der Waals surface area (Å²) in [5.41, 5.74) is 1.15. The molecule has 1 N–H and O–H groups in total. The number of aliphatic hydroxyl groups excluding tert-OH is 1. The molecule has 2 aliphatic carbocycles. The highest BCUT2D eigenvalue weighted by molar-refractivity contribution is 6.31. The smallest absolute Gasteiger partial charge is 0.203 e. The van der Waals surface area contributed by atoms with E-state index in [1.807, 2.05) is 47.9 Å². The predicted molar refractivity (Wildman–Crippen MR) is 108 cm³/mol. The fourth-order valence-corrected chi connectivity index (χ4v) is 5.74. The van der Waals surface area contributed by atoms with Crippen LogP contribution in [-0.2, 0) is 5.41 Å². The van der Waals surface area contributed by atoms with Gasteiger partial charge in [-0.15, -0.1) is 10.2 Å². The molecule has 1 aromatic carbocycles. The molecule has 0 amide bonds. The van der Waals surface area contributed by atoms with Crippen molar-refractivity contribution >= 4 is 17.2 Å². The van der Waals surface area contributed by atoms with E-state index < -0.39 is 6.10 Å². The van der Waals surface area contributed by atoms with Gasteiger partial charge in [-0.05, 0) is 61.8 Å². The molecule has 2 saturated carbocycles. The second-order valence-electron chi connectivity index (χ2n) is 8.73. The highest BCUT2D eigenvalue weighted by atomic mass is 35.5. The van der Waals surface area contributed by atoms with Crippen LogP contribution in [0, 0.1) is 18.3 Å². The molecule has 5 nitrogen and oxygen atoms in total. The van der Waals surface area contributed by atoms with E-state index in [2.05, 4.69) is 24.0 Å². The van der Waals surface area contributed by atoms with E-state index in [9.17, 15) is 5.11 Å². The number of halogens is 1. The minimum Gasteiger partial charge on any atom is -0.453 e. The summed E-state index contributed by atoms with van der Waals surface area (Å²) >= 11 is 6.24. The molecule has 0 aliphatic heterocycles. The van der Waals surface area contributed by atoms with E-state index in [1.54, 1.807) is 0 Å². The number of aliphatic hydroxyl groups is 1. The Bertz CT molecular complexity index is 1080. The summed E-state index contributed by atoms with van der Waals surface area (Å²) < 4.78 is 8.16. The van der Waals surface area contributed by atoms with E-state index in [1.165, 1.54) is 0 Å². The monoisotopic (exact) mass is 397 g/mol. The Morgan fingerprint density at radius 2 is 1.96 bits per heavy atom. The van der Waals surface area contributed by atoms with Gasteiger partial charge in [0.2, 0.25) is 5.65 Å². The standard InChI is InChI=1S/C22H24ClN3O2/c1-13-15(23)6-4-7-16(13)28-17-8-5-11-26-19(17)24-25-20(26)22-10-9-14(12-18(22)27)21(22,2)3/h4-8,11,14,18,27H,9-10,12H2,1-3H3/t14?,18-,22+/m1/s1. The maximum absolute atomic E-state index is 11.0. The van der Waals surface area contributed by atoms with Crippen molar-refractivity contribution in [3.8, 4) is 11.5 Å². The van der Waals surface area contributed by atoms with Crippen LogP contribution in [0.15, 0.2) is 36.5 Å². The molecule has 0 radical (unpaired) electrons. The summed E-state index contributed by atoms with van der Waals surface area (Å²) in [5, 5.41) is 20.7. The molecule has 146 valence electrons. The molecule has 2 heterocycles. The van der Waals surface area contributed by atoms with Crippen molar-refractivity contribution in [2.45, 2.75) is 51.6 Å². The molecule has 5 rings (SSSR count). The molecule has 2 aromatic heterocycles. The van der Waals surface area contributed by atoms with Crippen molar-refractivity contribution < 1.29 is 9.84 Å². The van der Waals surface area contributed by atoms with Gasteiger partial charge in [-0.3, -0.25) is 4.40 Å². The SMILES string of the molecule is Cc1c(Cl)cccc1Oc1cccn2c([C@]34CCC(C[C@H]3O)C4(C)C)nnc12. The number of nitrogens with zero attached hydrogens (tertiary/aromatic N) is 3. The third-order valence-electron chi connectivity index (χ3n) is 7.37. The van der Waals surface area contributed by atoms with Gasteiger partial charge < -0.3 is 9.84 Å². The zero-order valence-electron chi connectivity index (χ0n) is 16.3. The van der Waals surface area contributed by atoms with Crippen LogP contribution in [0.4, 0.5) is 0 Å². The normalized spacial score (nSPS) is 28.2. The van der Waals surface area contributed by atoms with Crippen molar-refractivity contribution in [2.75, 3.05) is 0 Å². The van der Waals surface area contributed by atoms with Crippen LogP contribution in [0.25, 0.3) is 5.65 Å². The summed E-state index contributed by atoms with van der Waals surface area (Å²) in [6.45, 7) is 6.46. The topological polar surface area (TPSA) is 59.7 Å². The van der Waals surface area contributed by atoms with Gasteiger partial charge in [0.15, 0.2) is 5.75 Å². The average Bonchev–Trinajstić information content (AvgIpc) is 3.26. The van der Waals surface area contributed by atoms with Crippen molar-refractivity contribution in [1.82, 2.24) is 14.6 Å². The van der Waals surface area contributed by atoms with E-state index in [4.69, 9.17) is 16.3 Å². The zero-order chi connectivity index (χ0) is 19.7. The summed E-state index contributed by atoms with van der Waals surface area (Å²) in [7, 11) is 0. The number of ether oxygens (including phenoxy) is 1. The molecule has 3 aromatic rings. The van der Waals surface area contributed by atoms with Crippen LogP contribution >= 0.6 is 11.6 Å². The highest BCUT2D eigenvalue weighted by Crippen LogP contribution is 2.65. The molecule has 2 fully saturated rings. The van der Waals surface area contributed by atoms with E-state index in [0.717, 1.165) is 30.7 Å². The molecule has 0 saturated heterocycles. The van der Waals surface area contributed by atoms with Gasteiger partial charge in [0.1, 0.15) is 11.6 Å². The highest BCUT2D eigenvalue weighted by Gasteiger charge is 2.66. The Balaban J connectivity index is 1.63. The Labute approximate surface area is 169 Å². The van der Waals surface area contributed by atoms with Crippen LogP contribution in [0.3, 0.4) is 0 Å². The Kier molecular flexibility index (Phi) is 3.81. The van der Waals surface area contributed by atoms with Crippen LogP contribution in [0.2, 0.25) is 5.02 Å². The lowest BCUT2D eigenvalue weighted by molar-refractivity contribution is 0.0541. The largest absolute Gasteiger partial charge is 0.453 e. The maximum Gasteiger partial charge on any atom is 0.203 e. The van der Waals surface area contributed by atoms with E-state index in [-0.39, 0.29) is 10.8 Å². The van der Waals surface area contributed by atoms with Crippen LogP contribution in [0.5, 0.6) is 11.5 Å². The van der Waals surface area contributed by atoms with Crippen molar-refractivity contribution in [3.63, 3.8) is 0 Å². The maximum atomic E-state index is 11.0. The van der Waals surface area contributed by atoms with Gasteiger partial charge in [0.25, 0.3) is 0 Å². The lowest BCUT2D eigenvalue weighted by Gasteiger charge is -2.38. The molecule has 0 spiro atoms.